The number of piperidine rings is 1. The molecule has 1 aliphatic heterocycles. The lowest BCUT2D eigenvalue weighted by atomic mass is 9.62. The van der Waals surface area contributed by atoms with Crippen LogP contribution in [0.2, 0.25) is 0 Å². The molecule has 2 N–H and O–H groups in total. The van der Waals surface area contributed by atoms with Crippen LogP contribution in [0.25, 0.3) is 0 Å². The molecule has 0 spiro atoms. The minimum absolute atomic E-state index is 0.105. The van der Waals surface area contributed by atoms with Gasteiger partial charge in [0.05, 0.1) is 5.75 Å². The van der Waals surface area contributed by atoms with Gasteiger partial charge in [0, 0.05) is 24.3 Å². The van der Waals surface area contributed by atoms with Crippen molar-refractivity contribution in [3.63, 3.8) is 0 Å². The van der Waals surface area contributed by atoms with Crippen LogP contribution in [0.15, 0.2) is 30.3 Å². The smallest absolute Gasteiger partial charge is 0.230 e. The summed E-state index contributed by atoms with van der Waals surface area (Å²) in [6.45, 7) is 6.72. The maximum atomic E-state index is 12.3. The molecule has 0 radical (unpaired) electrons. The van der Waals surface area contributed by atoms with Crippen molar-refractivity contribution in [1.29, 1.82) is 0 Å². The molecule has 3 rings (SSSR count). The van der Waals surface area contributed by atoms with E-state index in [1.807, 2.05) is 18.2 Å². The molecule has 5 heteroatoms. The summed E-state index contributed by atoms with van der Waals surface area (Å²) in [6.07, 6.45) is 3.59. The Kier molecular flexibility index (Phi) is 6.51. The number of hydrogen-bond acceptors (Lipinski definition) is 3. The van der Waals surface area contributed by atoms with E-state index in [9.17, 15) is 9.59 Å². The van der Waals surface area contributed by atoms with Gasteiger partial charge in [0.2, 0.25) is 11.8 Å². The van der Waals surface area contributed by atoms with Crippen molar-refractivity contribution < 1.29 is 9.59 Å². The van der Waals surface area contributed by atoms with Crippen molar-refractivity contribution in [2.24, 2.45) is 17.3 Å². The average Bonchev–Trinajstić information content (AvgIpc) is 2.61. The Bertz CT molecular complexity index is 656. The molecule has 0 bridgehead atoms. The lowest BCUT2D eigenvalue weighted by molar-refractivity contribution is -0.130. The Labute approximate surface area is 167 Å². The number of amides is 2. The molecule has 0 aromatic heterocycles. The van der Waals surface area contributed by atoms with E-state index < -0.39 is 0 Å². The summed E-state index contributed by atoms with van der Waals surface area (Å²) >= 11 is 1.65. The predicted molar refractivity (Wildman–Crippen MR) is 111 cm³/mol. The maximum absolute atomic E-state index is 12.3. The van der Waals surface area contributed by atoms with Crippen LogP contribution in [0.5, 0.6) is 0 Å². The van der Waals surface area contributed by atoms with Gasteiger partial charge in [-0.05, 0) is 42.1 Å². The van der Waals surface area contributed by atoms with Crippen molar-refractivity contribution in [3.8, 4) is 0 Å². The van der Waals surface area contributed by atoms with Gasteiger partial charge in [-0.1, -0.05) is 51.1 Å². The number of nitrogens with one attached hydrogen (secondary N) is 2. The van der Waals surface area contributed by atoms with Crippen LogP contribution in [0.4, 0.5) is 0 Å². The fraction of sp³-hybridized carbons (Fsp3) is 0.636. The Balaban J connectivity index is 1.47. The van der Waals surface area contributed by atoms with E-state index in [0.717, 1.165) is 25.0 Å². The van der Waals surface area contributed by atoms with Gasteiger partial charge in [0.15, 0.2) is 0 Å². The summed E-state index contributed by atoms with van der Waals surface area (Å²) in [5.74, 6) is 2.57. The Hall–Kier alpha value is -1.49. The van der Waals surface area contributed by atoms with Gasteiger partial charge >= 0.3 is 0 Å². The van der Waals surface area contributed by atoms with Crippen LogP contribution in [-0.2, 0) is 15.3 Å². The highest BCUT2D eigenvalue weighted by molar-refractivity contribution is 7.99. The van der Waals surface area contributed by atoms with Crippen LogP contribution in [0.1, 0.15) is 52.0 Å². The minimum Gasteiger partial charge on any atom is -0.353 e. The molecule has 27 heavy (non-hydrogen) atoms. The van der Waals surface area contributed by atoms with Gasteiger partial charge in [0.1, 0.15) is 0 Å². The topological polar surface area (TPSA) is 58.2 Å². The summed E-state index contributed by atoms with van der Waals surface area (Å²) in [6, 6.07) is 10.6. The highest BCUT2D eigenvalue weighted by atomic mass is 32.2. The predicted octanol–water partition coefficient (Wildman–Crippen LogP) is 3.76. The second-order valence-electron chi connectivity index (χ2n) is 9.07. The molecule has 1 aromatic carbocycles. The molecule has 4 nitrogen and oxygen atoms in total. The summed E-state index contributed by atoms with van der Waals surface area (Å²) in [5.41, 5.74) is 1.39. The molecule has 2 fully saturated rings. The van der Waals surface area contributed by atoms with Crippen molar-refractivity contribution in [2.45, 2.75) is 64.3 Å². The quantitative estimate of drug-likeness (QED) is 0.807. The molecule has 1 saturated heterocycles. The van der Waals surface area contributed by atoms with Crippen molar-refractivity contribution in [2.75, 3.05) is 5.75 Å². The van der Waals surface area contributed by atoms with E-state index in [2.05, 4.69) is 43.5 Å². The summed E-state index contributed by atoms with van der Waals surface area (Å²) in [7, 11) is 0. The van der Waals surface area contributed by atoms with Crippen LogP contribution in [0, 0.1) is 17.3 Å². The maximum Gasteiger partial charge on any atom is 0.230 e. The Morgan fingerprint density at radius 3 is 2.67 bits per heavy atom. The summed E-state index contributed by atoms with van der Waals surface area (Å²) in [4.78, 5) is 24.5. The summed E-state index contributed by atoms with van der Waals surface area (Å²) < 4.78 is 0. The number of carbonyl (C=O) groups excluding carboxylic acids is 2. The Morgan fingerprint density at radius 1 is 1.22 bits per heavy atom. The third-order valence-corrected chi connectivity index (χ3v) is 7.00. The van der Waals surface area contributed by atoms with Gasteiger partial charge in [0.25, 0.3) is 0 Å². The molecular weight excluding hydrogens is 356 g/mol. The van der Waals surface area contributed by atoms with Gasteiger partial charge < -0.3 is 10.6 Å². The number of benzene rings is 1. The third-order valence-electron chi connectivity index (χ3n) is 5.99. The van der Waals surface area contributed by atoms with Crippen LogP contribution < -0.4 is 10.6 Å². The minimum atomic E-state index is 0.105. The first kappa shape index (κ1) is 20.2. The number of fused-ring (bicyclic) bond motifs is 1. The second-order valence-corrected chi connectivity index (χ2v) is 10.1. The van der Waals surface area contributed by atoms with Gasteiger partial charge in [-0.2, -0.15) is 0 Å². The molecule has 2 amide bonds. The number of hydrogen-bond donors (Lipinski definition) is 2. The fourth-order valence-electron chi connectivity index (χ4n) is 4.64. The molecule has 2 aliphatic rings. The molecule has 4 atom stereocenters. The average molecular weight is 389 g/mol. The van der Waals surface area contributed by atoms with E-state index in [1.54, 1.807) is 11.8 Å². The van der Waals surface area contributed by atoms with E-state index >= 15 is 0 Å². The highest BCUT2D eigenvalue weighted by Gasteiger charge is 2.45. The first-order valence-electron chi connectivity index (χ1n) is 10.0. The zero-order valence-electron chi connectivity index (χ0n) is 16.7. The van der Waals surface area contributed by atoms with Crippen LogP contribution in [-0.4, -0.2) is 29.7 Å². The second kappa shape index (κ2) is 8.68. The van der Waals surface area contributed by atoms with Gasteiger partial charge in [-0.3, -0.25) is 9.59 Å². The fourth-order valence-corrected chi connectivity index (χ4v) is 5.44. The lowest BCUT2D eigenvalue weighted by Crippen LogP contribution is -2.57. The molecule has 148 valence electrons. The van der Waals surface area contributed by atoms with Crippen molar-refractivity contribution in [3.05, 3.63) is 35.9 Å². The molecule has 1 saturated carbocycles. The van der Waals surface area contributed by atoms with Crippen molar-refractivity contribution >= 4 is 23.6 Å². The Morgan fingerprint density at radius 2 is 1.96 bits per heavy atom. The highest BCUT2D eigenvalue weighted by Crippen LogP contribution is 2.44. The van der Waals surface area contributed by atoms with Crippen LogP contribution in [0.3, 0.4) is 0 Å². The molecule has 4 unspecified atom stereocenters. The zero-order valence-corrected chi connectivity index (χ0v) is 17.5. The van der Waals surface area contributed by atoms with E-state index in [1.165, 1.54) is 5.56 Å². The molecule has 1 aromatic rings. The monoisotopic (exact) mass is 388 g/mol. The van der Waals surface area contributed by atoms with E-state index in [0.29, 0.717) is 24.0 Å². The number of thioether (sulfide) groups is 1. The standard InChI is InChI=1S/C22H32N2O2S/c1-22(2,3)18-12-20(25)24-19-11-16(9-10-17(18)19)23-21(26)14-27-13-15-7-5-4-6-8-15/h4-8,16-19H,9-14H2,1-3H3,(H,23,26)(H,24,25). The summed E-state index contributed by atoms with van der Waals surface area (Å²) in [5, 5.41) is 6.39. The van der Waals surface area contributed by atoms with Gasteiger partial charge in [-0.15, -0.1) is 11.8 Å². The van der Waals surface area contributed by atoms with E-state index in [-0.39, 0.29) is 29.3 Å². The normalized spacial score (nSPS) is 28.2. The number of carbonyl (C=O) groups is 2. The molecule has 1 heterocycles. The van der Waals surface area contributed by atoms with Gasteiger partial charge in [-0.25, -0.2) is 0 Å². The number of rotatable bonds is 5. The third kappa shape index (κ3) is 5.50. The molecule has 1 aliphatic carbocycles. The lowest BCUT2D eigenvalue weighted by Gasteiger charge is -2.48. The SMILES string of the molecule is CC(C)(C)C1CC(=O)NC2CC(NC(=O)CSCc3ccccc3)CCC21. The van der Waals surface area contributed by atoms with E-state index in [4.69, 9.17) is 0 Å². The molecular formula is C22H32N2O2S. The first-order valence-corrected chi connectivity index (χ1v) is 11.2. The van der Waals surface area contributed by atoms with Crippen LogP contribution >= 0.6 is 11.8 Å². The largest absolute Gasteiger partial charge is 0.353 e. The zero-order chi connectivity index (χ0) is 19.4. The first-order chi connectivity index (χ1) is 12.8. The van der Waals surface area contributed by atoms with Crippen molar-refractivity contribution in [1.82, 2.24) is 10.6 Å².